The lowest BCUT2D eigenvalue weighted by molar-refractivity contribution is 0.0685. The van der Waals surface area contributed by atoms with Crippen molar-refractivity contribution in [2.24, 2.45) is 0 Å². The lowest BCUT2D eigenvalue weighted by atomic mass is 10.4. The van der Waals surface area contributed by atoms with Gasteiger partial charge in [0.05, 0.1) is 12.7 Å². The fraction of sp³-hybridized carbons (Fsp3) is 0.273. The summed E-state index contributed by atoms with van der Waals surface area (Å²) < 4.78 is 32.5. The molecule has 0 spiro atoms. The lowest BCUT2D eigenvalue weighted by Crippen LogP contribution is -2.22. The van der Waals surface area contributed by atoms with Crippen LogP contribution in [0, 0.1) is 0 Å². The second-order valence-electron chi connectivity index (χ2n) is 3.96. The van der Waals surface area contributed by atoms with Gasteiger partial charge in [-0.2, -0.15) is 0 Å². The van der Waals surface area contributed by atoms with Gasteiger partial charge in [0.2, 0.25) is 10.0 Å². The molecule has 2 aromatic heterocycles. The molecule has 0 saturated carbocycles. The summed E-state index contributed by atoms with van der Waals surface area (Å²) in [7, 11) is -3.80. The lowest BCUT2D eigenvalue weighted by Gasteiger charge is -2.02. The van der Waals surface area contributed by atoms with Gasteiger partial charge in [0.1, 0.15) is 10.6 Å². The average Bonchev–Trinajstić information content (AvgIpc) is 3.05. The summed E-state index contributed by atoms with van der Waals surface area (Å²) in [6.45, 7) is 2.03. The highest BCUT2D eigenvalue weighted by Gasteiger charge is 2.21. The molecule has 0 amide bonds. The van der Waals surface area contributed by atoms with Gasteiger partial charge >= 0.3 is 5.97 Å². The van der Waals surface area contributed by atoms with E-state index in [1.165, 1.54) is 23.0 Å². The van der Waals surface area contributed by atoms with Gasteiger partial charge in [-0.3, -0.25) is 0 Å². The number of carboxylic acid groups (broad SMARTS) is 1. The van der Waals surface area contributed by atoms with Crippen LogP contribution < -0.4 is 4.72 Å². The quantitative estimate of drug-likeness (QED) is 0.810. The summed E-state index contributed by atoms with van der Waals surface area (Å²) in [4.78, 5) is 10.9. The average molecular weight is 299 g/mol. The third-order valence-corrected chi connectivity index (χ3v) is 4.04. The molecule has 2 aromatic rings. The smallest absolute Gasteiger partial charge is 0.352 e. The van der Waals surface area contributed by atoms with Gasteiger partial charge in [0, 0.05) is 18.8 Å². The minimum absolute atomic E-state index is 0.0535. The second-order valence-corrected chi connectivity index (χ2v) is 5.72. The van der Waals surface area contributed by atoms with E-state index in [2.05, 4.69) is 9.88 Å². The second kappa shape index (κ2) is 5.47. The Morgan fingerprint density at radius 2 is 2.30 bits per heavy atom. The highest BCUT2D eigenvalue weighted by atomic mass is 32.2. The van der Waals surface area contributed by atoms with Crippen molar-refractivity contribution in [2.75, 3.05) is 0 Å². The van der Waals surface area contributed by atoms with Gasteiger partial charge in [-0.25, -0.2) is 17.9 Å². The van der Waals surface area contributed by atoms with Crippen molar-refractivity contribution >= 4 is 16.0 Å². The number of nitrogens with zero attached hydrogens (tertiary/aromatic N) is 2. The molecule has 20 heavy (non-hydrogen) atoms. The number of carbonyl (C=O) groups is 1. The molecule has 0 aliphatic heterocycles. The predicted octanol–water partition coefficient (Wildman–Crippen LogP) is 0.673. The number of aromatic nitrogens is 2. The molecule has 2 heterocycles. The Balaban J connectivity index is 2.23. The van der Waals surface area contributed by atoms with Gasteiger partial charge < -0.3 is 14.2 Å². The normalized spacial score (nSPS) is 11.7. The molecular formula is C11H13N3O5S. The molecule has 0 saturated heterocycles. The molecule has 0 aliphatic carbocycles. The van der Waals surface area contributed by atoms with Crippen molar-refractivity contribution in [3.63, 3.8) is 0 Å². The Kier molecular flexibility index (Phi) is 3.91. The number of carboxylic acids is 1. The number of aromatic carboxylic acids is 1. The zero-order chi connectivity index (χ0) is 14.8. The maximum Gasteiger partial charge on any atom is 0.352 e. The van der Waals surface area contributed by atoms with Gasteiger partial charge in [-0.1, -0.05) is 5.16 Å². The topological polar surface area (TPSA) is 114 Å². The summed E-state index contributed by atoms with van der Waals surface area (Å²) in [5, 5.41) is 12.5. The third-order valence-electron chi connectivity index (χ3n) is 2.67. The number of aryl methyl sites for hydroxylation is 1. The number of hydrogen-bond donors (Lipinski definition) is 2. The van der Waals surface area contributed by atoms with Crippen LogP contribution in [0.15, 0.2) is 33.9 Å². The molecule has 2 rings (SSSR count). The maximum atomic E-state index is 12.1. The van der Waals surface area contributed by atoms with Crippen LogP contribution in [0.5, 0.6) is 0 Å². The molecule has 108 valence electrons. The van der Waals surface area contributed by atoms with E-state index in [9.17, 15) is 13.2 Å². The molecule has 0 bridgehead atoms. The van der Waals surface area contributed by atoms with E-state index in [-0.39, 0.29) is 17.1 Å². The van der Waals surface area contributed by atoms with Crippen molar-refractivity contribution in [2.45, 2.75) is 24.9 Å². The molecule has 0 atom stereocenters. The Morgan fingerprint density at radius 1 is 1.55 bits per heavy atom. The van der Waals surface area contributed by atoms with Gasteiger partial charge in [0.25, 0.3) is 0 Å². The van der Waals surface area contributed by atoms with Gasteiger partial charge in [-0.15, -0.1) is 0 Å². The minimum atomic E-state index is -3.80. The minimum Gasteiger partial charge on any atom is -0.477 e. The Bertz CT molecular complexity index is 703. The summed E-state index contributed by atoms with van der Waals surface area (Å²) in [5.41, 5.74) is -0.0764. The van der Waals surface area contributed by atoms with Crippen LogP contribution in [0.3, 0.4) is 0 Å². The Labute approximate surface area is 115 Å². The molecule has 0 unspecified atom stereocenters. The summed E-state index contributed by atoms with van der Waals surface area (Å²) in [6, 6.07) is 2.65. The predicted molar refractivity (Wildman–Crippen MR) is 67.6 cm³/mol. The SMILES string of the molecule is CCn1cc(S(=O)(=O)NCc2ccno2)cc1C(=O)O. The van der Waals surface area contributed by atoms with Crippen LogP contribution in [-0.2, 0) is 23.1 Å². The first-order valence-electron chi connectivity index (χ1n) is 5.76. The number of nitrogens with one attached hydrogen (secondary N) is 1. The van der Waals surface area contributed by atoms with Crippen molar-refractivity contribution in [3.8, 4) is 0 Å². The number of hydrogen-bond acceptors (Lipinski definition) is 5. The number of sulfonamides is 1. The van der Waals surface area contributed by atoms with Crippen LogP contribution in [-0.4, -0.2) is 29.2 Å². The van der Waals surface area contributed by atoms with Crippen LogP contribution in [0.1, 0.15) is 23.2 Å². The van der Waals surface area contributed by atoms with Crippen molar-refractivity contribution in [1.29, 1.82) is 0 Å². The zero-order valence-electron chi connectivity index (χ0n) is 10.6. The first-order valence-corrected chi connectivity index (χ1v) is 7.25. The fourth-order valence-corrected chi connectivity index (χ4v) is 2.69. The highest BCUT2D eigenvalue weighted by Crippen LogP contribution is 2.15. The van der Waals surface area contributed by atoms with Crippen LogP contribution >= 0.6 is 0 Å². The molecule has 8 nitrogen and oxygen atoms in total. The fourth-order valence-electron chi connectivity index (χ4n) is 1.65. The summed E-state index contributed by atoms with van der Waals surface area (Å²) in [6.07, 6.45) is 2.69. The monoisotopic (exact) mass is 299 g/mol. The van der Waals surface area contributed by atoms with E-state index in [0.717, 1.165) is 6.07 Å². The molecule has 0 aliphatic rings. The largest absolute Gasteiger partial charge is 0.477 e. The molecule has 9 heteroatoms. The summed E-state index contributed by atoms with van der Waals surface area (Å²) in [5.74, 6) is -0.814. The van der Waals surface area contributed by atoms with Crippen molar-refractivity contribution < 1.29 is 22.8 Å². The first kappa shape index (κ1) is 14.3. The third kappa shape index (κ3) is 2.89. The van der Waals surface area contributed by atoms with Crippen LogP contribution in [0.4, 0.5) is 0 Å². The molecule has 0 aromatic carbocycles. The Morgan fingerprint density at radius 3 is 2.80 bits per heavy atom. The molecule has 2 N–H and O–H groups in total. The summed E-state index contributed by atoms with van der Waals surface area (Å²) >= 11 is 0. The van der Waals surface area contributed by atoms with E-state index in [0.29, 0.717) is 12.3 Å². The van der Waals surface area contributed by atoms with E-state index in [4.69, 9.17) is 9.63 Å². The first-order chi connectivity index (χ1) is 9.44. The van der Waals surface area contributed by atoms with Crippen molar-refractivity contribution in [1.82, 2.24) is 14.4 Å². The van der Waals surface area contributed by atoms with Gasteiger partial charge in [0.15, 0.2) is 5.76 Å². The van der Waals surface area contributed by atoms with Crippen LogP contribution in [0.2, 0.25) is 0 Å². The standard InChI is InChI=1S/C11H13N3O5S/c1-2-14-7-9(5-10(14)11(15)16)20(17,18)13-6-8-3-4-12-19-8/h3-5,7,13H,2,6H2,1H3,(H,15,16). The molecular weight excluding hydrogens is 286 g/mol. The zero-order valence-corrected chi connectivity index (χ0v) is 11.4. The van der Waals surface area contributed by atoms with E-state index >= 15 is 0 Å². The van der Waals surface area contributed by atoms with Crippen molar-refractivity contribution in [3.05, 3.63) is 36.0 Å². The maximum absolute atomic E-state index is 12.1. The van der Waals surface area contributed by atoms with E-state index in [1.807, 2.05) is 0 Å². The highest BCUT2D eigenvalue weighted by molar-refractivity contribution is 7.89. The van der Waals surface area contributed by atoms with Crippen LogP contribution in [0.25, 0.3) is 0 Å². The number of rotatable bonds is 6. The van der Waals surface area contributed by atoms with E-state index < -0.39 is 16.0 Å². The molecule has 0 radical (unpaired) electrons. The van der Waals surface area contributed by atoms with E-state index in [1.54, 1.807) is 6.92 Å². The Hall–Kier alpha value is -2.13. The van der Waals surface area contributed by atoms with Gasteiger partial charge in [-0.05, 0) is 13.0 Å². The molecule has 0 fully saturated rings.